The average molecular weight is 308 g/mol. The number of piperidine rings is 1. The van der Waals surface area contributed by atoms with Crippen molar-refractivity contribution < 1.29 is 0 Å². The molecule has 1 saturated heterocycles. The van der Waals surface area contributed by atoms with Gasteiger partial charge in [-0.3, -0.25) is 4.90 Å². The predicted molar refractivity (Wildman–Crippen MR) is 92.9 cm³/mol. The topological polar surface area (TPSA) is 32.5 Å². The number of likely N-dealkylation sites (N-methyl/N-ethyl adjacent to an activating group) is 1. The third kappa shape index (κ3) is 4.71. The minimum absolute atomic E-state index is 0.334. The van der Waals surface area contributed by atoms with E-state index in [0.717, 1.165) is 12.5 Å². The average Bonchev–Trinajstić information content (AvgIpc) is 2.51. The lowest BCUT2D eigenvalue weighted by molar-refractivity contribution is 0.151. The minimum atomic E-state index is 0.334. The summed E-state index contributed by atoms with van der Waals surface area (Å²) >= 11 is 1.78. The zero-order valence-corrected chi connectivity index (χ0v) is 14.4. The molecule has 2 N–H and O–H groups in total. The molecule has 1 atom stereocenters. The maximum atomic E-state index is 6.05. The highest BCUT2D eigenvalue weighted by Gasteiger charge is 2.22. The fourth-order valence-electron chi connectivity index (χ4n) is 3.18. The second kappa shape index (κ2) is 8.18. The monoisotopic (exact) mass is 307 g/mol. The maximum Gasteiger partial charge on any atom is 0.0467 e. The summed E-state index contributed by atoms with van der Waals surface area (Å²) in [4.78, 5) is 6.19. The van der Waals surface area contributed by atoms with Gasteiger partial charge in [-0.2, -0.15) is 0 Å². The number of hydrogen-bond acceptors (Lipinski definition) is 4. The van der Waals surface area contributed by atoms with E-state index in [1.807, 2.05) is 0 Å². The number of hydrogen-bond donors (Lipinski definition) is 1. The van der Waals surface area contributed by atoms with Gasteiger partial charge in [0.1, 0.15) is 0 Å². The molecule has 0 aliphatic carbocycles. The summed E-state index contributed by atoms with van der Waals surface area (Å²) < 4.78 is 0. The van der Waals surface area contributed by atoms with Gasteiger partial charge in [0.15, 0.2) is 0 Å². The van der Waals surface area contributed by atoms with Crippen molar-refractivity contribution in [2.75, 3.05) is 46.5 Å². The van der Waals surface area contributed by atoms with Crippen LogP contribution in [0.25, 0.3) is 0 Å². The van der Waals surface area contributed by atoms with E-state index in [1.54, 1.807) is 11.8 Å². The van der Waals surface area contributed by atoms with Gasteiger partial charge >= 0.3 is 0 Å². The normalized spacial score (nSPS) is 19.1. The number of thioether (sulfide) groups is 1. The molecule has 0 aromatic heterocycles. The molecule has 1 aromatic carbocycles. The maximum absolute atomic E-state index is 6.05. The Labute approximate surface area is 133 Å². The predicted octanol–water partition coefficient (Wildman–Crippen LogP) is 2.68. The fraction of sp³-hybridized carbons (Fsp3) is 0.647. The zero-order valence-electron chi connectivity index (χ0n) is 13.6. The van der Waals surface area contributed by atoms with Crippen molar-refractivity contribution in [3.05, 3.63) is 29.8 Å². The number of nitrogens with two attached hydrogens (primary N) is 1. The molecule has 1 heterocycles. The van der Waals surface area contributed by atoms with Gasteiger partial charge in [-0.15, -0.1) is 11.8 Å². The van der Waals surface area contributed by atoms with Crippen molar-refractivity contribution in [2.24, 2.45) is 11.7 Å². The first-order chi connectivity index (χ1) is 10.1. The van der Waals surface area contributed by atoms with Gasteiger partial charge < -0.3 is 10.6 Å². The summed E-state index contributed by atoms with van der Waals surface area (Å²) in [5, 5.41) is 0. The first-order valence-electron chi connectivity index (χ1n) is 7.86. The van der Waals surface area contributed by atoms with Crippen molar-refractivity contribution in [1.82, 2.24) is 9.80 Å². The molecule has 0 spiro atoms. The quantitative estimate of drug-likeness (QED) is 0.819. The Morgan fingerprint density at radius 2 is 1.90 bits per heavy atom. The summed E-state index contributed by atoms with van der Waals surface area (Å²) in [6.45, 7) is 4.30. The molecule has 1 aliphatic heterocycles. The highest BCUT2D eigenvalue weighted by atomic mass is 32.2. The zero-order chi connectivity index (χ0) is 15.2. The lowest BCUT2D eigenvalue weighted by Gasteiger charge is -2.35. The van der Waals surface area contributed by atoms with E-state index in [0.29, 0.717) is 12.6 Å². The first-order valence-corrected chi connectivity index (χ1v) is 9.09. The van der Waals surface area contributed by atoms with Crippen molar-refractivity contribution in [3.8, 4) is 0 Å². The molecule has 0 saturated carbocycles. The second-order valence-corrected chi connectivity index (χ2v) is 7.09. The molecule has 1 fully saturated rings. The SMILES string of the molecule is CSc1ccc(C(CN)N(C)CC2CCN(C)CC2)cc1. The Bertz CT molecular complexity index is 413. The van der Waals surface area contributed by atoms with Crippen LogP contribution in [-0.2, 0) is 0 Å². The van der Waals surface area contributed by atoms with Crippen LogP contribution < -0.4 is 5.73 Å². The third-order valence-electron chi connectivity index (χ3n) is 4.64. The first kappa shape index (κ1) is 16.8. The van der Waals surface area contributed by atoms with Crippen LogP contribution in [0.15, 0.2) is 29.2 Å². The third-order valence-corrected chi connectivity index (χ3v) is 5.38. The molecule has 118 valence electrons. The molecule has 0 amide bonds. The van der Waals surface area contributed by atoms with E-state index < -0.39 is 0 Å². The molecular weight excluding hydrogens is 278 g/mol. The van der Waals surface area contributed by atoms with Gasteiger partial charge in [-0.05, 0) is 69.9 Å². The van der Waals surface area contributed by atoms with Crippen LogP contribution in [0.3, 0.4) is 0 Å². The summed E-state index contributed by atoms with van der Waals surface area (Å²) in [7, 11) is 4.44. The number of benzene rings is 1. The van der Waals surface area contributed by atoms with Gasteiger partial charge in [-0.1, -0.05) is 12.1 Å². The van der Waals surface area contributed by atoms with Crippen LogP contribution in [0.5, 0.6) is 0 Å². The summed E-state index contributed by atoms with van der Waals surface area (Å²) in [6.07, 6.45) is 4.73. The lowest BCUT2D eigenvalue weighted by Crippen LogP contribution is -2.38. The van der Waals surface area contributed by atoms with Crippen molar-refractivity contribution >= 4 is 11.8 Å². The minimum Gasteiger partial charge on any atom is -0.329 e. The van der Waals surface area contributed by atoms with E-state index in [4.69, 9.17) is 5.73 Å². The Hall–Kier alpha value is -0.550. The van der Waals surface area contributed by atoms with Gasteiger partial charge in [0.25, 0.3) is 0 Å². The van der Waals surface area contributed by atoms with Crippen LogP contribution in [0, 0.1) is 5.92 Å². The van der Waals surface area contributed by atoms with Crippen LogP contribution in [-0.4, -0.2) is 56.3 Å². The lowest BCUT2D eigenvalue weighted by atomic mass is 9.95. The molecule has 2 rings (SSSR count). The highest BCUT2D eigenvalue weighted by Crippen LogP contribution is 2.25. The van der Waals surface area contributed by atoms with Crippen LogP contribution in [0.1, 0.15) is 24.4 Å². The van der Waals surface area contributed by atoms with Gasteiger partial charge in [0.2, 0.25) is 0 Å². The van der Waals surface area contributed by atoms with Crippen LogP contribution >= 0.6 is 11.8 Å². The Morgan fingerprint density at radius 3 is 2.43 bits per heavy atom. The van der Waals surface area contributed by atoms with Crippen molar-refractivity contribution in [3.63, 3.8) is 0 Å². The van der Waals surface area contributed by atoms with Gasteiger partial charge in [0, 0.05) is 24.0 Å². The summed E-state index contributed by atoms with van der Waals surface area (Å²) in [6, 6.07) is 9.20. The Kier molecular flexibility index (Phi) is 6.55. The Balaban J connectivity index is 1.95. The number of likely N-dealkylation sites (tertiary alicyclic amines) is 1. The Morgan fingerprint density at radius 1 is 1.29 bits per heavy atom. The molecule has 0 radical (unpaired) electrons. The molecule has 1 unspecified atom stereocenters. The van der Waals surface area contributed by atoms with E-state index in [9.17, 15) is 0 Å². The second-order valence-electron chi connectivity index (χ2n) is 6.21. The molecule has 0 bridgehead atoms. The number of rotatable bonds is 6. The van der Waals surface area contributed by atoms with Gasteiger partial charge in [-0.25, -0.2) is 0 Å². The van der Waals surface area contributed by atoms with Crippen molar-refractivity contribution in [2.45, 2.75) is 23.8 Å². The van der Waals surface area contributed by atoms with E-state index in [1.165, 1.54) is 36.4 Å². The molecule has 21 heavy (non-hydrogen) atoms. The molecule has 1 aliphatic rings. The summed E-state index contributed by atoms with van der Waals surface area (Å²) in [5.41, 5.74) is 7.39. The number of nitrogens with zero attached hydrogens (tertiary/aromatic N) is 2. The molecule has 4 heteroatoms. The largest absolute Gasteiger partial charge is 0.329 e. The van der Waals surface area contributed by atoms with E-state index >= 15 is 0 Å². The summed E-state index contributed by atoms with van der Waals surface area (Å²) in [5.74, 6) is 0.811. The standard InChI is InChI=1S/C17H29N3S/c1-19-10-8-14(9-11-19)13-20(2)17(12-18)15-4-6-16(21-3)7-5-15/h4-7,14,17H,8-13,18H2,1-3H3. The van der Waals surface area contributed by atoms with E-state index in [2.05, 4.69) is 54.4 Å². The van der Waals surface area contributed by atoms with Crippen LogP contribution in [0.4, 0.5) is 0 Å². The molecule has 3 nitrogen and oxygen atoms in total. The highest BCUT2D eigenvalue weighted by molar-refractivity contribution is 7.98. The van der Waals surface area contributed by atoms with Crippen molar-refractivity contribution in [1.29, 1.82) is 0 Å². The van der Waals surface area contributed by atoms with Gasteiger partial charge in [0.05, 0.1) is 0 Å². The molecular formula is C17H29N3S. The smallest absolute Gasteiger partial charge is 0.0467 e. The molecule has 1 aromatic rings. The van der Waals surface area contributed by atoms with E-state index in [-0.39, 0.29) is 0 Å². The fourth-order valence-corrected chi connectivity index (χ4v) is 3.58. The van der Waals surface area contributed by atoms with Crippen LogP contribution in [0.2, 0.25) is 0 Å².